The second-order valence-electron chi connectivity index (χ2n) is 8.43. The van der Waals surface area contributed by atoms with Crippen molar-refractivity contribution in [1.82, 2.24) is 20.4 Å². The van der Waals surface area contributed by atoms with Gasteiger partial charge in [0.1, 0.15) is 19.3 Å². The van der Waals surface area contributed by atoms with Crippen molar-refractivity contribution in [3.8, 4) is 34.3 Å². The predicted molar refractivity (Wildman–Crippen MR) is 129 cm³/mol. The summed E-state index contributed by atoms with van der Waals surface area (Å²) >= 11 is 6.43. The fourth-order valence-electron chi connectivity index (χ4n) is 3.36. The molecule has 10 nitrogen and oxygen atoms in total. The van der Waals surface area contributed by atoms with Crippen molar-refractivity contribution in [2.24, 2.45) is 5.92 Å². The summed E-state index contributed by atoms with van der Waals surface area (Å²) in [6.45, 7) is 5.28. The maximum atomic E-state index is 11.1. The molecule has 0 spiro atoms. The Morgan fingerprint density at radius 1 is 1.20 bits per heavy atom. The summed E-state index contributed by atoms with van der Waals surface area (Å²) in [7, 11) is 1.46. The minimum absolute atomic E-state index is 0.0869. The van der Waals surface area contributed by atoms with E-state index in [1.165, 1.54) is 7.11 Å². The zero-order valence-corrected chi connectivity index (χ0v) is 20.8. The number of nitrogens with one attached hydrogen (secondary N) is 1. The number of halogens is 1. The van der Waals surface area contributed by atoms with E-state index < -0.39 is 18.6 Å². The van der Waals surface area contributed by atoms with Crippen LogP contribution in [0.15, 0.2) is 28.8 Å². The largest absolute Gasteiger partial charge is 0.493 e. The lowest BCUT2D eigenvalue weighted by molar-refractivity contribution is -0.124. The number of aliphatic hydroxyl groups excluding tert-OH is 2. The van der Waals surface area contributed by atoms with Gasteiger partial charge in [-0.1, -0.05) is 30.6 Å². The number of aryl methyl sites for hydroxylation is 1. The molecule has 0 aliphatic heterocycles. The molecule has 11 heteroatoms. The molecule has 1 aromatic carbocycles. The van der Waals surface area contributed by atoms with Gasteiger partial charge < -0.3 is 29.5 Å². The number of hydrogen-bond donors (Lipinski definition) is 3. The molecule has 3 N–H and O–H groups in total. The van der Waals surface area contributed by atoms with Crippen molar-refractivity contribution in [3.05, 3.63) is 40.7 Å². The molecule has 0 aliphatic rings. The SMILES string of the molecule is COc1cc(-c2noc(-c3cc(C)nc(CC(C)C)c3)n2)cc(Cl)c1OC[C@@H](O)CNC(=O)CO. The summed E-state index contributed by atoms with van der Waals surface area (Å²) in [5.41, 5.74) is 3.16. The van der Waals surface area contributed by atoms with Crippen LogP contribution in [0.4, 0.5) is 0 Å². The number of ether oxygens (including phenoxy) is 2. The smallest absolute Gasteiger partial charge is 0.258 e. The van der Waals surface area contributed by atoms with Gasteiger partial charge in [-0.2, -0.15) is 4.98 Å². The topological polar surface area (TPSA) is 140 Å². The van der Waals surface area contributed by atoms with E-state index >= 15 is 0 Å². The fraction of sp³-hybridized carbons (Fsp3) is 0.417. The third-order valence-electron chi connectivity index (χ3n) is 4.88. The van der Waals surface area contributed by atoms with E-state index in [-0.39, 0.29) is 23.9 Å². The molecule has 0 saturated carbocycles. The van der Waals surface area contributed by atoms with Gasteiger partial charge in [0.2, 0.25) is 11.7 Å². The number of carbonyl (C=O) groups is 1. The maximum absolute atomic E-state index is 11.1. The van der Waals surface area contributed by atoms with Crippen LogP contribution in [0, 0.1) is 12.8 Å². The molecule has 0 bridgehead atoms. The highest BCUT2D eigenvalue weighted by atomic mass is 35.5. The van der Waals surface area contributed by atoms with Crippen molar-refractivity contribution in [2.45, 2.75) is 33.3 Å². The first kappa shape index (κ1) is 26.4. The van der Waals surface area contributed by atoms with E-state index in [0.717, 1.165) is 23.4 Å². The van der Waals surface area contributed by atoms with Crippen LogP contribution in [0.25, 0.3) is 22.8 Å². The summed E-state index contributed by atoms with van der Waals surface area (Å²) in [5, 5.41) is 25.4. The van der Waals surface area contributed by atoms with Crippen molar-refractivity contribution in [2.75, 3.05) is 26.9 Å². The number of rotatable bonds is 11. The molecule has 2 aromatic heterocycles. The standard InChI is InChI=1S/C24H29ClN4O6/c1-13(2)5-17-7-16(6-14(3)27-17)24-28-23(29-35-24)15-8-19(25)22(20(9-15)33-4)34-12-18(31)10-26-21(32)11-30/h6-9,13,18,30-31H,5,10-12H2,1-4H3,(H,26,32)/t18-/m0/s1. The zero-order chi connectivity index (χ0) is 25.5. The summed E-state index contributed by atoms with van der Waals surface area (Å²) in [6, 6.07) is 7.09. The Hall–Kier alpha value is -3.21. The number of aromatic nitrogens is 3. The number of methoxy groups -OCH3 is 1. The van der Waals surface area contributed by atoms with Crippen LogP contribution in [0.1, 0.15) is 25.2 Å². The molecule has 0 saturated heterocycles. The zero-order valence-electron chi connectivity index (χ0n) is 20.0. The van der Waals surface area contributed by atoms with Crippen LogP contribution in [0.2, 0.25) is 5.02 Å². The third kappa shape index (κ3) is 7.14. The summed E-state index contributed by atoms with van der Waals surface area (Å²) < 4.78 is 16.5. The lowest BCUT2D eigenvalue weighted by atomic mass is 10.1. The third-order valence-corrected chi connectivity index (χ3v) is 5.16. The Morgan fingerprint density at radius 3 is 2.66 bits per heavy atom. The highest BCUT2D eigenvalue weighted by Crippen LogP contribution is 2.39. The summed E-state index contributed by atoms with van der Waals surface area (Å²) in [6.07, 6.45) is -0.179. The van der Waals surface area contributed by atoms with Crippen LogP contribution in [0.3, 0.4) is 0 Å². The van der Waals surface area contributed by atoms with Crippen LogP contribution in [0.5, 0.6) is 11.5 Å². The molecule has 0 radical (unpaired) electrons. The molecule has 3 rings (SSSR count). The number of nitrogens with zero attached hydrogens (tertiary/aromatic N) is 3. The number of pyridine rings is 1. The highest BCUT2D eigenvalue weighted by molar-refractivity contribution is 6.32. The second-order valence-corrected chi connectivity index (χ2v) is 8.83. The monoisotopic (exact) mass is 504 g/mol. The van der Waals surface area contributed by atoms with Crippen molar-refractivity contribution in [1.29, 1.82) is 0 Å². The molecule has 1 atom stereocenters. The van der Waals surface area contributed by atoms with Gasteiger partial charge in [-0.3, -0.25) is 9.78 Å². The van der Waals surface area contributed by atoms with Gasteiger partial charge in [-0.25, -0.2) is 0 Å². The molecule has 2 heterocycles. The van der Waals surface area contributed by atoms with Crippen molar-refractivity contribution in [3.63, 3.8) is 0 Å². The van der Waals surface area contributed by atoms with E-state index in [2.05, 4.69) is 34.3 Å². The first-order valence-electron chi connectivity index (χ1n) is 11.1. The summed E-state index contributed by atoms with van der Waals surface area (Å²) in [4.78, 5) is 20.2. The Labute approximate surface area is 208 Å². The maximum Gasteiger partial charge on any atom is 0.258 e. The molecule has 1 amide bonds. The number of benzene rings is 1. The van der Waals surface area contributed by atoms with Gasteiger partial charge in [0.15, 0.2) is 11.5 Å². The quantitative estimate of drug-likeness (QED) is 0.359. The van der Waals surface area contributed by atoms with E-state index in [1.54, 1.807) is 12.1 Å². The van der Waals surface area contributed by atoms with Gasteiger partial charge in [0.25, 0.3) is 5.89 Å². The van der Waals surface area contributed by atoms with E-state index in [1.807, 2.05) is 19.1 Å². The lowest BCUT2D eigenvalue weighted by Crippen LogP contribution is -2.36. The summed E-state index contributed by atoms with van der Waals surface area (Å²) in [5.74, 6) is 1.08. The number of amides is 1. The lowest BCUT2D eigenvalue weighted by Gasteiger charge is -2.16. The minimum Gasteiger partial charge on any atom is -0.493 e. The van der Waals surface area contributed by atoms with Crippen molar-refractivity contribution >= 4 is 17.5 Å². The van der Waals surface area contributed by atoms with Gasteiger partial charge in [0.05, 0.1) is 12.1 Å². The Morgan fingerprint density at radius 2 is 1.97 bits per heavy atom. The van der Waals surface area contributed by atoms with E-state index in [0.29, 0.717) is 28.9 Å². The minimum atomic E-state index is -1.02. The van der Waals surface area contributed by atoms with E-state index in [9.17, 15) is 9.90 Å². The predicted octanol–water partition coefficient (Wildman–Crippen LogP) is 2.82. The Balaban J connectivity index is 1.79. The molecular weight excluding hydrogens is 476 g/mol. The number of carbonyl (C=O) groups excluding carboxylic acids is 1. The van der Waals surface area contributed by atoms with Crippen LogP contribution < -0.4 is 14.8 Å². The molecule has 0 fully saturated rings. The molecule has 0 unspecified atom stereocenters. The van der Waals surface area contributed by atoms with Crippen LogP contribution >= 0.6 is 11.6 Å². The van der Waals surface area contributed by atoms with Gasteiger partial charge in [-0.05, 0) is 43.5 Å². The first-order valence-corrected chi connectivity index (χ1v) is 11.5. The van der Waals surface area contributed by atoms with Gasteiger partial charge >= 0.3 is 0 Å². The average Bonchev–Trinajstić information content (AvgIpc) is 3.31. The average molecular weight is 505 g/mol. The number of aliphatic hydroxyl groups is 2. The normalized spacial score (nSPS) is 12.0. The molecule has 3 aromatic rings. The van der Waals surface area contributed by atoms with Crippen LogP contribution in [-0.4, -0.2) is 64.2 Å². The van der Waals surface area contributed by atoms with Crippen LogP contribution in [-0.2, 0) is 11.2 Å². The second kappa shape index (κ2) is 12.0. The van der Waals surface area contributed by atoms with E-state index in [4.69, 9.17) is 30.7 Å². The fourth-order valence-corrected chi connectivity index (χ4v) is 3.62. The molecular formula is C24H29ClN4O6. The van der Waals surface area contributed by atoms with Crippen molar-refractivity contribution < 1.29 is 29.0 Å². The van der Waals surface area contributed by atoms with Gasteiger partial charge in [-0.15, -0.1) is 0 Å². The molecule has 35 heavy (non-hydrogen) atoms. The van der Waals surface area contributed by atoms with Gasteiger partial charge in [0, 0.05) is 29.1 Å². The Kier molecular flexibility index (Phi) is 9.02. The molecule has 188 valence electrons. The molecule has 0 aliphatic carbocycles. The number of hydrogen-bond acceptors (Lipinski definition) is 9. The highest BCUT2D eigenvalue weighted by Gasteiger charge is 2.19. The first-order chi connectivity index (χ1) is 16.7. The Bertz CT molecular complexity index is 1170.